The summed E-state index contributed by atoms with van der Waals surface area (Å²) in [4.78, 5) is 0. The van der Waals surface area contributed by atoms with Crippen LogP contribution in [-0.2, 0) is 0 Å². The van der Waals surface area contributed by atoms with Gasteiger partial charge >= 0.3 is 0 Å². The molecule has 0 fully saturated rings. The Balaban J connectivity index is 2.92. The fourth-order valence-corrected chi connectivity index (χ4v) is 2.47. The third-order valence-corrected chi connectivity index (χ3v) is 3.87. The molecule has 0 amide bonds. The van der Waals surface area contributed by atoms with E-state index < -0.39 is 0 Å². The van der Waals surface area contributed by atoms with Crippen LogP contribution in [0.2, 0.25) is 0 Å². The third kappa shape index (κ3) is 18.2. The van der Waals surface area contributed by atoms with Crippen LogP contribution < -0.4 is 5.32 Å². The van der Waals surface area contributed by atoms with Crippen LogP contribution in [0.15, 0.2) is 0 Å². The molecule has 0 saturated heterocycles. The molecule has 0 radical (unpaired) electrons. The van der Waals surface area contributed by atoms with Crippen molar-refractivity contribution in [1.29, 1.82) is 0 Å². The molecule has 1 N–H and O–H groups in total. The van der Waals surface area contributed by atoms with Crippen LogP contribution in [0.5, 0.6) is 0 Å². The van der Waals surface area contributed by atoms with Crippen LogP contribution in [-0.4, -0.2) is 13.1 Å². The maximum Gasteiger partial charge on any atom is 0.0584 e. The molecule has 112 valence electrons. The smallest absolute Gasteiger partial charge is 0.0584 e. The highest BCUT2D eigenvalue weighted by atomic mass is 127. The largest absolute Gasteiger partial charge is 0.306 e. The summed E-state index contributed by atoms with van der Waals surface area (Å²) in [7, 11) is 0. The van der Waals surface area contributed by atoms with E-state index in [9.17, 15) is 0 Å². The van der Waals surface area contributed by atoms with Gasteiger partial charge in [0.05, 0.1) is 6.54 Å². The summed E-state index contributed by atoms with van der Waals surface area (Å²) in [5.74, 6) is 3.02. The van der Waals surface area contributed by atoms with Gasteiger partial charge in [-0.25, -0.2) is 0 Å². The predicted molar refractivity (Wildman–Crippen MR) is 95.7 cm³/mol. The topological polar surface area (TPSA) is 12.0 Å². The van der Waals surface area contributed by atoms with E-state index in [0.717, 1.165) is 13.1 Å². The highest BCUT2D eigenvalue weighted by Gasteiger charge is 1.93. The zero-order chi connectivity index (χ0) is 14.0. The quantitative estimate of drug-likeness (QED) is 0.234. The maximum absolute atomic E-state index is 3.34. The van der Waals surface area contributed by atoms with Crippen molar-refractivity contribution in [2.45, 2.75) is 84.0 Å². The minimum absolute atomic E-state index is 0.848. The third-order valence-electron chi connectivity index (χ3n) is 3.49. The number of rotatable bonds is 14. The molecule has 0 spiro atoms. The molecule has 0 aromatic heterocycles. The first kappa shape index (κ1) is 19.2. The summed E-state index contributed by atoms with van der Waals surface area (Å²) < 4.78 is 2.87. The van der Waals surface area contributed by atoms with Gasteiger partial charge in [-0.05, 0) is 16.9 Å². The molecular formula is C17H32IN. The summed E-state index contributed by atoms with van der Waals surface area (Å²) in [5.41, 5.74) is 0. The Morgan fingerprint density at radius 3 is 1.68 bits per heavy atom. The summed E-state index contributed by atoms with van der Waals surface area (Å²) >= 11 is 2.09. The van der Waals surface area contributed by atoms with Gasteiger partial charge in [0, 0.05) is 22.6 Å². The summed E-state index contributed by atoms with van der Waals surface area (Å²) in [6.07, 6.45) is 17.0. The van der Waals surface area contributed by atoms with Gasteiger partial charge in [0.15, 0.2) is 0 Å². The van der Waals surface area contributed by atoms with E-state index in [2.05, 4.69) is 44.7 Å². The van der Waals surface area contributed by atoms with E-state index in [1.54, 1.807) is 0 Å². The summed E-state index contributed by atoms with van der Waals surface area (Å²) in [5, 5.41) is 3.34. The molecule has 0 aliphatic heterocycles. The van der Waals surface area contributed by atoms with E-state index in [1.165, 1.54) is 77.0 Å². The average Bonchev–Trinajstić information content (AvgIpc) is 2.43. The Kier molecular flexibility index (Phi) is 18.5. The Hall–Kier alpha value is 0.250. The van der Waals surface area contributed by atoms with Crippen LogP contribution in [0, 0.1) is 9.85 Å². The standard InChI is InChI=1S/C17H32IN/c1-2-3-4-5-6-7-8-9-10-11-12-13-16-19-17-14-15-18/h19H,2-13,16-17H2,1H3. The number of hydrogen-bond acceptors (Lipinski definition) is 1. The first-order valence-electron chi connectivity index (χ1n) is 8.21. The molecule has 0 bridgehead atoms. The second kappa shape index (κ2) is 18.2. The fraction of sp³-hybridized carbons (Fsp3) is 0.882. The van der Waals surface area contributed by atoms with Crippen LogP contribution in [0.4, 0.5) is 0 Å². The first-order chi connectivity index (χ1) is 9.41. The fourth-order valence-electron chi connectivity index (χ4n) is 2.28. The van der Waals surface area contributed by atoms with Gasteiger partial charge in [0.2, 0.25) is 0 Å². The number of halogens is 1. The maximum atomic E-state index is 3.34. The van der Waals surface area contributed by atoms with Crippen molar-refractivity contribution < 1.29 is 0 Å². The van der Waals surface area contributed by atoms with E-state index in [1.807, 2.05) is 0 Å². The van der Waals surface area contributed by atoms with Crippen molar-refractivity contribution in [3.8, 4) is 9.85 Å². The molecular weight excluding hydrogens is 345 g/mol. The lowest BCUT2D eigenvalue weighted by Crippen LogP contribution is -2.14. The molecule has 0 aromatic carbocycles. The molecule has 0 rings (SSSR count). The molecule has 0 heterocycles. The lowest BCUT2D eigenvalue weighted by Gasteiger charge is -2.03. The Labute approximate surface area is 134 Å². The monoisotopic (exact) mass is 377 g/mol. The predicted octanol–water partition coefficient (Wildman–Crippen LogP) is 5.67. The lowest BCUT2D eigenvalue weighted by atomic mass is 10.1. The van der Waals surface area contributed by atoms with E-state index >= 15 is 0 Å². The van der Waals surface area contributed by atoms with E-state index in [0.29, 0.717) is 0 Å². The zero-order valence-corrected chi connectivity index (χ0v) is 14.9. The van der Waals surface area contributed by atoms with Crippen LogP contribution in [0.25, 0.3) is 0 Å². The minimum Gasteiger partial charge on any atom is -0.306 e. The molecule has 0 aromatic rings. The molecule has 0 atom stereocenters. The van der Waals surface area contributed by atoms with Gasteiger partial charge in [-0.3, -0.25) is 0 Å². The van der Waals surface area contributed by atoms with Gasteiger partial charge in [0.25, 0.3) is 0 Å². The zero-order valence-electron chi connectivity index (χ0n) is 12.8. The van der Waals surface area contributed by atoms with Crippen molar-refractivity contribution in [3.05, 3.63) is 0 Å². The Bertz CT molecular complexity index is 217. The van der Waals surface area contributed by atoms with Crippen molar-refractivity contribution in [2.24, 2.45) is 0 Å². The van der Waals surface area contributed by atoms with Gasteiger partial charge < -0.3 is 5.32 Å². The highest BCUT2D eigenvalue weighted by Crippen LogP contribution is 2.11. The molecule has 1 nitrogen and oxygen atoms in total. The number of nitrogens with one attached hydrogen (secondary N) is 1. The molecule has 0 saturated carbocycles. The molecule has 2 heteroatoms. The van der Waals surface area contributed by atoms with Crippen molar-refractivity contribution >= 4 is 22.6 Å². The summed E-state index contributed by atoms with van der Waals surface area (Å²) in [6, 6.07) is 0. The first-order valence-corrected chi connectivity index (χ1v) is 9.29. The Morgan fingerprint density at radius 1 is 0.737 bits per heavy atom. The summed E-state index contributed by atoms with van der Waals surface area (Å²) in [6.45, 7) is 4.26. The normalized spacial score (nSPS) is 10.2. The van der Waals surface area contributed by atoms with Gasteiger partial charge in [-0.2, -0.15) is 0 Å². The highest BCUT2D eigenvalue weighted by molar-refractivity contribution is 14.1. The minimum atomic E-state index is 0.848. The average molecular weight is 377 g/mol. The molecule has 0 aliphatic rings. The van der Waals surface area contributed by atoms with E-state index in [-0.39, 0.29) is 0 Å². The second-order valence-electron chi connectivity index (χ2n) is 5.34. The second-order valence-corrected chi connectivity index (χ2v) is 5.88. The SMILES string of the molecule is CCCCCCCCCCCCCCNCC#CI. The van der Waals surface area contributed by atoms with Crippen LogP contribution in [0.3, 0.4) is 0 Å². The molecule has 0 aliphatic carbocycles. The van der Waals surface area contributed by atoms with Crippen LogP contribution >= 0.6 is 22.6 Å². The lowest BCUT2D eigenvalue weighted by molar-refractivity contribution is 0.539. The van der Waals surface area contributed by atoms with Gasteiger partial charge in [-0.1, -0.05) is 83.5 Å². The van der Waals surface area contributed by atoms with Gasteiger partial charge in [-0.15, -0.1) is 0 Å². The number of hydrogen-bond donors (Lipinski definition) is 1. The number of unbranched alkanes of at least 4 members (excludes halogenated alkanes) is 11. The van der Waals surface area contributed by atoms with Crippen molar-refractivity contribution in [2.75, 3.05) is 13.1 Å². The van der Waals surface area contributed by atoms with Gasteiger partial charge in [0.1, 0.15) is 0 Å². The molecule has 19 heavy (non-hydrogen) atoms. The van der Waals surface area contributed by atoms with Crippen molar-refractivity contribution in [1.82, 2.24) is 5.32 Å². The molecule has 0 unspecified atom stereocenters. The van der Waals surface area contributed by atoms with Crippen molar-refractivity contribution in [3.63, 3.8) is 0 Å². The van der Waals surface area contributed by atoms with Crippen LogP contribution in [0.1, 0.15) is 84.0 Å². The van der Waals surface area contributed by atoms with E-state index in [4.69, 9.17) is 0 Å². The Morgan fingerprint density at radius 2 is 1.21 bits per heavy atom.